The SMILES string of the molecule is CCCN(CC(=O)Nc1cc(-c2ccccc2)nn1-c1ccc(C)cc1)S(=O)(=O)c1cccc2cccnc12. The summed E-state index contributed by atoms with van der Waals surface area (Å²) in [6.45, 7) is 3.71. The van der Waals surface area contributed by atoms with Gasteiger partial charge in [0.05, 0.1) is 23.4 Å². The molecule has 0 saturated heterocycles. The zero-order chi connectivity index (χ0) is 27.4. The minimum atomic E-state index is -3.99. The smallest absolute Gasteiger partial charge is 0.245 e. The van der Waals surface area contributed by atoms with Gasteiger partial charge in [-0.1, -0.05) is 73.2 Å². The standard InChI is InChI=1S/C30H29N5O3S/c1-3-19-34(39(37,38)27-13-7-11-24-12-8-18-31-30(24)27)21-29(36)32-28-20-26(23-9-5-4-6-10-23)33-35(28)25-16-14-22(2)15-17-25/h4-18,20H,3,19,21H2,1-2H3,(H,32,36). The minimum Gasteiger partial charge on any atom is -0.309 e. The van der Waals surface area contributed by atoms with Crippen LogP contribution in [0.1, 0.15) is 18.9 Å². The van der Waals surface area contributed by atoms with E-state index in [2.05, 4.69) is 10.3 Å². The molecule has 0 atom stereocenters. The lowest BCUT2D eigenvalue weighted by atomic mass is 10.1. The Morgan fingerprint density at radius 2 is 1.69 bits per heavy atom. The third-order valence-corrected chi connectivity index (χ3v) is 8.21. The highest BCUT2D eigenvalue weighted by molar-refractivity contribution is 7.89. The number of nitrogens with one attached hydrogen (secondary N) is 1. The Morgan fingerprint density at radius 3 is 2.44 bits per heavy atom. The van der Waals surface area contributed by atoms with E-state index in [0.717, 1.165) is 22.2 Å². The molecule has 0 aliphatic rings. The van der Waals surface area contributed by atoms with Crippen LogP contribution in [0.2, 0.25) is 0 Å². The fourth-order valence-corrected chi connectivity index (χ4v) is 6.06. The monoisotopic (exact) mass is 539 g/mol. The average Bonchev–Trinajstić information content (AvgIpc) is 3.37. The van der Waals surface area contributed by atoms with Crippen LogP contribution in [0.25, 0.3) is 27.8 Å². The first-order valence-electron chi connectivity index (χ1n) is 12.7. The number of carbonyl (C=O) groups excluding carboxylic acids is 1. The van der Waals surface area contributed by atoms with E-state index in [4.69, 9.17) is 5.10 Å². The molecule has 0 saturated carbocycles. The number of carbonyl (C=O) groups is 1. The summed E-state index contributed by atoms with van der Waals surface area (Å²) in [6, 6.07) is 27.9. The number of amides is 1. The van der Waals surface area contributed by atoms with Crippen molar-refractivity contribution in [1.82, 2.24) is 19.1 Å². The first-order chi connectivity index (χ1) is 18.9. The topological polar surface area (TPSA) is 97.2 Å². The van der Waals surface area contributed by atoms with Crippen molar-refractivity contribution in [1.29, 1.82) is 0 Å². The fourth-order valence-electron chi connectivity index (χ4n) is 4.40. The normalized spacial score (nSPS) is 11.7. The number of sulfonamides is 1. The molecule has 0 spiro atoms. The lowest BCUT2D eigenvalue weighted by molar-refractivity contribution is -0.116. The van der Waals surface area contributed by atoms with E-state index in [0.29, 0.717) is 23.4 Å². The molecule has 0 fully saturated rings. The van der Waals surface area contributed by atoms with Crippen molar-refractivity contribution < 1.29 is 13.2 Å². The Balaban J connectivity index is 1.46. The highest BCUT2D eigenvalue weighted by Gasteiger charge is 2.28. The summed E-state index contributed by atoms with van der Waals surface area (Å²) in [4.78, 5) is 17.7. The minimum absolute atomic E-state index is 0.0814. The third kappa shape index (κ3) is 5.59. The number of anilines is 1. The molecule has 3 aromatic carbocycles. The van der Waals surface area contributed by atoms with Crippen LogP contribution in [0, 0.1) is 6.92 Å². The molecule has 0 aliphatic heterocycles. The molecule has 2 aromatic heterocycles. The number of para-hydroxylation sites is 1. The van der Waals surface area contributed by atoms with E-state index >= 15 is 0 Å². The lowest BCUT2D eigenvalue weighted by Crippen LogP contribution is -2.38. The van der Waals surface area contributed by atoms with Gasteiger partial charge in [-0.2, -0.15) is 9.40 Å². The Morgan fingerprint density at radius 1 is 0.949 bits per heavy atom. The number of hydrogen-bond acceptors (Lipinski definition) is 5. The van der Waals surface area contributed by atoms with Crippen LogP contribution in [-0.4, -0.2) is 46.5 Å². The van der Waals surface area contributed by atoms with E-state index in [1.165, 1.54) is 10.4 Å². The van der Waals surface area contributed by atoms with Crippen LogP contribution in [0.3, 0.4) is 0 Å². The molecule has 39 heavy (non-hydrogen) atoms. The molecule has 2 heterocycles. The molecule has 0 bridgehead atoms. The average molecular weight is 540 g/mol. The molecule has 8 nitrogen and oxygen atoms in total. The largest absolute Gasteiger partial charge is 0.309 e. The van der Waals surface area contributed by atoms with E-state index in [1.807, 2.05) is 80.6 Å². The van der Waals surface area contributed by atoms with E-state index < -0.39 is 15.9 Å². The molecule has 0 aliphatic carbocycles. The molecule has 0 unspecified atom stereocenters. The first kappa shape index (κ1) is 26.3. The van der Waals surface area contributed by atoms with Crippen molar-refractivity contribution in [3.8, 4) is 16.9 Å². The third-order valence-electron chi connectivity index (χ3n) is 6.33. The number of nitrogens with zero attached hydrogens (tertiary/aromatic N) is 4. The van der Waals surface area contributed by atoms with Crippen molar-refractivity contribution >= 4 is 32.7 Å². The van der Waals surface area contributed by atoms with Gasteiger partial charge in [-0.25, -0.2) is 13.1 Å². The van der Waals surface area contributed by atoms with Crippen molar-refractivity contribution in [2.45, 2.75) is 25.2 Å². The quantitative estimate of drug-likeness (QED) is 0.269. The summed E-state index contributed by atoms with van der Waals surface area (Å²) in [7, 11) is -3.99. The Bertz CT molecular complexity index is 1710. The van der Waals surface area contributed by atoms with Crippen LogP contribution in [0.5, 0.6) is 0 Å². The molecule has 9 heteroatoms. The van der Waals surface area contributed by atoms with E-state index in [9.17, 15) is 13.2 Å². The van der Waals surface area contributed by atoms with Crippen molar-refractivity contribution in [3.05, 3.63) is 103 Å². The molecule has 1 amide bonds. The van der Waals surface area contributed by atoms with Crippen LogP contribution in [0.15, 0.2) is 102 Å². The maximum absolute atomic E-state index is 13.7. The van der Waals surface area contributed by atoms with Gasteiger partial charge in [-0.15, -0.1) is 0 Å². The predicted molar refractivity (Wildman–Crippen MR) is 153 cm³/mol. The second-order valence-corrected chi connectivity index (χ2v) is 11.2. The van der Waals surface area contributed by atoms with Gasteiger partial charge in [0.15, 0.2) is 0 Å². The number of pyridine rings is 1. The molecule has 0 radical (unpaired) electrons. The number of hydrogen-bond donors (Lipinski definition) is 1. The Labute approximate surface area is 228 Å². The van der Waals surface area contributed by atoms with Crippen LogP contribution in [0.4, 0.5) is 5.82 Å². The first-order valence-corrected chi connectivity index (χ1v) is 14.2. The van der Waals surface area contributed by atoms with Gasteiger partial charge in [-0.3, -0.25) is 9.78 Å². The van der Waals surface area contributed by atoms with Crippen LogP contribution < -0.4 is 5.32 Å². The number of fused-ring (bicyclic) bond motifs is 1. The Kier molecular flexibility index (Phi) is 7.53. The van der Waals surface area contributed by atoms with Gasteiger partial charge in [0.2, 0.25) is 15.9 Å². The molecule has 5 rings (SSSR count). The number of benzene rings is 3. The predicted octanol–water partition coefficient (Wildman–Crippen LogP) is 5.44. The molecule has 1 N–H and O–H groups in total. The summed E-state index contributed by atoms with van der Waals surface area (Å²) in [6.07, 6.45) is 2.11. The van der Waals surface area contributed by atoms with Gasteiger partial charge in [0.1, 0.15) is 10.7 Å². The van der Waals surface area contributed by atoms with E-state index in [-0.39, 0.29) is 18.0 Å². The lowest BCUT2D eigenvalue weighted by Gasteiger charge is -2.22. The fraction of sp³-hybridized carbons (Fsp3) is 0.167. The summed E-state index contributed by atoms with van der Waals surface area (Å²) in [5.41, 5.74) is 3.84. The summed E-state index contributed by atoms with van der Waals surface area (Å²) in [5, 5.41) is 8.36. The number of aryl methyl sites for hydroxylation is 1. The highest BCUT2D eigenvalue weighted by Crippen LogP contribution is 2.26. The van der Waals surface area contributed by atoms with E-state index in [1.54, 1.807) is 29.1 Å². The highest BCUT2D eigenvalue weighted by atomic mass is 32.2. The zero-order valence-corrected chi connectivity index (χ0v) is 22.6. The second kappa shape index (κ2) is 11.2. The summed E-state index contributed by atoms with van der Waals surface area (Å²) >= 11 is 0. The molecular weight excluding hydrogens is 510 g/mol. The van der Waals surface area contributed by atoms with Crippen molar-refractivity contribution in [2.75, 3.05) is 18.4 Å². The maximum Gasteiger partial charge on any atom is 0.245 e. The molecular formula is C30H29N5O3S. The van der Waals surface area contributed by atoms with Crippen LogP contribution >= 0.6 is 0 Å². The second-order valence-electron chi connectivity index (χ2n) is 9.25. The zero-order valence-electron chi connectivity index (χ0n) is 21.8. The van der Waals surface area contributed by atoms with Gasteiger partial charge in [-0.05, 0) is 37.6 Å². The van der Waals surface area contributed by atoms with Gasteiger partial charge in [0, 0.05) is 29.8 Å². The van der Waals surface area contributed by atoms with Crippen molar-refractivity contribution in [2.24, 2.45) is 0 Å². The van der Waals surface area contributed by atoms with Crippen molar-refractivity contribution in [3.63, 3.8) is 0 Å². The maximum atomic E-state index is 13.7. The Hall–Kier alpha value is -4.34. The van der Waals surface area contributed by atoms with Gasteiger partial charge >= 0.3 is 0 Å². The van der Waals surface area contributed by atoms with Gasteiger partial charge in [0.25, 0.3) is 0 Å². The molecule has 5 aromatic rings. The number of rotatable bonds is 9. The van der Waals surface area contributed by atoms with Gasteiger partial charge < -0.3 is 5.32 Å². The summed E-state index contributed by atoms with van der Waals surface area (Å²) in [5.74, 6) is -0.0172. The number of aromatic nitrogens is 3. The summed E-state index contributed by atoms with van der Waals surface area (Å²) < 4.78 is 30.3. The molecule has 198 valence electrons. The van der Waals surface area contributed by atoms with Crippen LogP contribution in [-0.2, 0) is 14.8 Å².